The van der Waals surface area contributed by atoms with E-state index in [1.54, 1.807) is 18.4 Å². The predicted octanol–water partition coefficient (Wildman–Crippen LogP) is 2.80. The summed E-state index contributed by atoms with van der Waals surface area (Å²) in [4.78, 5) is 0.740. The standard InChI is InChI=1S/C13H12O2S/c1-16(15)13-9-5-3-7-11(13)10-6-2-4-8-12(10)14/h2-9,14H,1H3. The minimum absolute atomic E-state index is 0.209. The molecule has 16 heavy (non-hydrogen) atoms. The molecule has 2 nitrogen and oxygen atoms in total. The number of phenolic OH excluding ortho intramolecular Hbond substituents is 1. The lowest BCUT2D eigenvalue weighted by molar-refractivity contribution is 0.477. The van der Waals surface area contributed by atoms with Gasteiger partial charge in [0.05, 0.1) is 10.8 Å². The SMILES string of the molecule is CS(=O)c1ccccc1-c1ccccc1O. The van der Waals surface area contributed by atoms with Gasteiger partial charge >= 0.3 is 0 Å². The van der Waals surface area contributed by atoms with Crippen LogP contribution in [0, 0.1) is 0 Å². The Morgan fingerprint density at radius 2 is 1.50 bits per heavy atom. The molecule has 2 aromatic rings. The Bertz CT molecular complexity index is 535. The highest BCUT2D eigenvalue weighted by Gasteiger charge is 2.10. The molecule has 3 heteroatoms. The first-order chi connectivity index (χ1) is 7.70. The maximum Gasteiger partial charge on any atom is 0.123 e. The minimum Gasteiger partial charge on any atom is -0.507 e. The number of para-hydroxylation sites is 1. The number of rotatable bonds is 2. The third kappa shape index (κ3) is 1.99. The topological polar surface area (TPSA) is 37.3 Å². The van der Waals surface area contributed by atoms with Crippen LogP contribution in [0.2, 0.25) is 0 Å². The fourth-order valence-corrected chi connectivity index (χ4v) is 2.40. The van der Waals surface area contributed by atoms with Gasteiger partial charge in [-0.25, -0.2) is 0 Å². The first-order valence-corrected chi connectivity index (χ1v) is 6.47. The van der Waals surface area contributed by atoms with Gasteiger partial charge in [-0.2, -0.15) is 0 Å². The van der Waals surface area contributed by atoms with Gasteiger partial charge in [-0.15, -0.1) is 0 Å². The minimum atomic E-state index is -1.06. The molecule has 2 rings (SSSR count). The molecule has 0 aromatic heterocycles. The normalized spacial score (nSPS) is 12.3. The van der Waals surface area contributed by atoms with Gasteiger partial charge in [0.2, 0.25) is 0 Å². The van der Waals surface area contributed by atoms with E-state index in [9.17, 15) is 9.32 Å². The van der Waals surface area contributed by atoms with Gasteiger partial charge in [0.1, 0.15) is 5.75 Å². The molecule has 0 radical (unpaired) electrons. The highest BCUT2D eigenvalue weighted by atomic mass is 32.2. The summed E-state index contributed by atoms with van der Waals surface area (Å²) in [7, 11) is -1.06. The third-order valence-corrected chi connectivity index (χ3v) is 3.37. The smallest absolute Gasteiger partial charge is 0.123 e. The number of phenols is 1. The van der Waals surface area contributed by atoms with Gasteiger partial charge in [-0.05, 0) is 12.1 Å². The van der Waals surface area contributed by atoms with Gasteiger partial charge in [0.25, 0.3) is 0 Å². The van der Waals surface area contributed by atoms with Crippen molar-refractivity contribution >= 4 is 10.8 Å². The fourth-order valence-electron chi connectivity index (χ4n) is 1.64. The zero-order chi connectivity index (χ0) is 11.5. The lowest BCUT2D eigenvalue weighted by Crippen LogP contribution is -1.91. The lowest BCUT2D eigenvalue weighted by Gasteiger charge is -2.08. The second-order valence-electron chi connectivity index (χ2n) is 3.47. The third-order valence-electron chi connectivity index (χ3n) is 2.39. The molecule has 1 N–H and O–H groups in total. The highest BCUT2D eigenvalue weighted by molar-refractivity contribution is 7.84. The molecule has 0 fully saturated rings. The molecular weight excluding hydrogens is 220 g/mol. The van der Waals surface area contributed by atoms with Crippen LogP contribution in [-0.2, 0) is 10.8 Å². The quantitative estimate of drug-likeness (QED) is 0.864. The summed E-state index contributed by atoms with van der Waals surface area (Å²) >= 11 is 0. The molecule has 82 valence electrons. The first-order valence-electron chi connectivity index (χ1n) is 4.91. The van der Waals surface area contributed by atoms with E-state index in [2.05, 4.69) is 0 Å². The summed E-state index contributed by atoms with van der Waals surface area (Å²) in [6.07, 6.45) is 1.64. The molecule has 0 aliphatic heterocycles. The molecule has 0 bridgehead atoms. The van der Waals surface area contributed by atoms with Gasteiger partial charge in [-0.1, -0.05) is 36.4 Å². The largest absolute Gasteiger partial charge is 0.507 e. The summed E-state index contributed by atoms with van der Waals surface area (Å²) in [5.74, 6) is 0.209. The van der Waals surface area contributed by atoms with Crippen LogP contribution in [-0.4, -0.2) is 15.6 Å². The highest BCUT2D eigenvalue weighted by Crippen LogP contribution is 2.32. The Hall–Kier alpha value is -1.61. The maximum atomic E-state index is 11.6. The predicted molar refractivity (Wildman–Crippen MR) is 65.9 cm³/mol. The van der Waals surface area contributed by atoms with E-state index in [1.807, 2.05) is 36.4 Å². The molecule has 1 unspecified atom stereocenters. The summed E-state index contributed by atoms with van der Waals surface area (Å²) in [6, 6.07) is 14.5. The Morgan fingerprint density at radius 1 is 0.938 bits per heavy atom. The lowest BCUT2D eigenvalue weighted by atomic mass is 10.0. The van der Waals surface area contributed by atoms with E-state index in [4.69, 9.17) is 0 Å². The van der Waals surface area contributed by atoms with Crippen molar-refractivity contribution in [2.75, 3.05) is 6.26 Å². The van der Waals surface area contributed by atoms with Crippen molar-refractivity contribution in [3.8, 4) is 16.9 Å². The van der Waals surface area contributed by atoms with Crippen molar-refractivity contribution in [1.29, 1.82) is 0 Å². The summed E-state index contributed by atoms with van der Waals surface area (Å²) in [5.41, 5.74) is 1.54. The molecule has 0 spiro atoms. The molecule has 0 aliphatic rings. The second kappa shape index (κ2) is 4.49. The van der Waals surface area contributed by atoms with Gasteiger partial charge < -0.3 is 5.11 Å². The number of hydrogen-bond donors (Lipinski definition) is 1. The van der Waals surface area contributed by atoms with E-state index < -0.39 is 10.8 Å². The van der Waals surface area contributed by atoms with E-state index in [0.29, 0.717) is 5.56 Å². The van der Waals surface area contributed by atoms with Crippen LogP contribution in [0.15, 0.2) is 53.4 Å². The molecule has 0 saturated heterocycles. The monoisotopic (exact) mass is 232 g/mol. The zero-order valence-corrected chi connectivity index (χ0v) is 9.70. The molecule has 0 heterocycles. The fraction of sp³-hybridized carbons (Fsp3) is 0.0769. The Morgan fingerprint density at radius 3 is 2.12 bits per heavy atom. The maximum absolute atomic E-state index is 11.6. The van der Waals surface area contributed by atoms with E-state index in [-0.39, 0.29) is 5.75 Å². The summed E-state index contributed by atoms with van der Waals surface area (Å²) in [6.45, 7) is 0. The molecule has 2 aromatic carbocycles. The van der Waals surface area contributed by atoms with E-state index in [0.717, 1.165) is 10.5 Å². The molecular formula is C13H12O2S. The van der Waals surface area contributed by atoms with Crippen molar-refractivity contribution in [2.45, 2.75) is 4.90 Å². The number of benzene rings is 2. The molecule has 0 aliphatic carbocycles. The average molecular weight is 232 g/mol. The van der Waals surface area contributed by atoms with Crippen molar-refractivity contribution in [2.24, 2.45) is 0 Å². The van der Waals surface area contributed by atoms with Crippen molar-refractivity contribution in [3.05, 3.63) is 48.5 Å². The average Bonchev–Trinajstić information content (AvgIpc) is 2.29. The van der Waals surface area contributed by atoms with Crippen LogP contribution in [0.5, 0.6) is 5.75 Å². The van der Waals surface area contributed by atoms with Crippen LogP contribution < -0.4 is 0 Å². The van der Waals surface area contributed by atoms with Crippen LogP contribution in [0.25, 0.3) is 11.1 Å². The Balaban J connectivity index is 2.65. The van der Waals surface area contributed by atoms with Crippen LogP contribution in [0.4, 0.5) is 0 Å². The van der Waals surface area contributed by atoms with Gasteiger partial charge in [0, 0.05) is 22.3 Å². The van der Waals surface area contributed by atoms with Crippen LogP contribution >= 0.6 is 0 Å². The zero-order valence-electron chi connectivity index (χ0n) is 8.88. The van der Waals surface area contributed by atoms with Crippen molar-refractivity contribution < 1.29 is 9.32 Å². The number of hydrogen-bond acceptors (Lipinski definition) is 2. The molecule has 1 atom stereocenters. The van der Waals surface area contributed by atoms with Gasteiger partial charge in [0.15, 0.2) is 0 Å². The second-order valence-corrected chi connectivity index (χ2v) is 4.82. The van der Waals surface area contributed by atoms with Crippen LogP contribution in [0.1, 0.15) is 0 Å². The number of aromatic hydroxyl groups is 1. The Kier molecular flexibility index (Phi) is 3.06. The van der Waals surface area contributed by atoms with Gasteiger partial charge in [-0.3, -0.25) is 4.21 Å². The summed E-state index contributed by atoms with van der Waals surface area (Å²) < 4.78 is 11.6. The van der Waals surface area contributed by atoms with Crippen molar-refractivity contribution in [3.63, 3.8) is 0 Å². The summed E-state index contributed by atoms with van der Waals surface area (Å²) in [5, 5.41) is 9.77. The van der Waals surface area contributed by atoms with Crippen molar-refractivity contribution in [1.82, 2.24) is 0 Å². The first kappa shape index (κ1) is 10.9. The van der Waals surface area contributed by atoms with E-state index in [1.165, 1.54) is 0 Å². The van der Waals surface area contributed by atoms with E-state index >= 15 is 0 Å². The van der Waals surface area contributed by atoms with Crippen LogP contribution in [0.3, 0.4) is 0 Å². The molecule has 0 amide bonds. The Labute approximate surface area is 97.0 Å². The molecule has 0 saturated carbocycles.